The van der Waals surface area contributed by atoms with Crippen molar-refractivity contribution in [1.29, 1.82) is 5.26 Å². The lowest BCUT2D eigenvalue weighted by atomic mass is 9.64. The SMILES string of the molecule is CCOC1CC(n2c(=S)[nH]c3c(C#N)cccc32)C1(C)C. The first-order chi connectivity index (χ1) is 10.0. The van der Waals surface area contributed by atoms with Crippen LogP contribution in [0.5, 0.6) is 0 Å². The second-order valence-electron chi connectivity index (χ2n) is 6.13. The third-order valence-electron chi connectivity index (χ3n) is 4.68. The summed E-state index contributed by atoms with van der Waals surface area (Å²) in [7, 11) is 0. The van der Waals surface area contributed by atoms with Crippen LogP contribution in [0.3, 0.4) is 0 Å². The van der Waals surface area contributed by atoms with Gasteiger partial charge >= 0.3 is 0 Å². The van der Waals surface area contributed by atoms with Crippen LogP contribution in [0.15, 0.2) is 18.2 Å². The summed E-state index contributed by atoms with van der Waals surface area (Å²) in [4.78, 5) is 3.19. The standard InChI is InChI=1S/C16H19N3OS/c1-4-20-13-8-12(16(13,2)3)19-11-7-5-6-10(9-17)14(11)18-15(19)21/h5-7,12-13H,4,8H2,1-3H3,(H,18,21). The smallest absolute Gasteiger partial charge is 0.178 e. The number of nitriles is 1. The number of fused-ring (bicyclic) bond motifs is 1. The molecule has 0 radical (unpaired) electrons. The normalized spacial score (nSPS) is 23.7. The molecule has 110 valence electrons. The molecule has 5 heteroatoms. The minimum atomic E-state index is 0.0337. The summed E-state index contributed by atoms with van der Waals surface area (Å²) in [6.07, 6.45) is 1.22. The molecule has 0 saturated heterocycles. The number of nitrogens with zero attached hydrogens (tertiary/aromatic N) is 2. The summed E-state index contributed by atoms with van der Waals surface area (Å²) >= 11 is 5.50. The first-order valence-corrected chi connectivity index (χ1v) is 7.66. The largest absolute Gasteiger partial charge is 0.378 e. The van der Waals surface area contributed by atoms with E-state index in [1.807, 2.05) is 25.1 Å². The fraction of sp³-hybridized carbons (Fsp3) is 0.500. The van der Waals surface area contributed by atoms with Gasteiger partial charge in [-0.2, -0.15) is 5.26 Å². The van der Waals surface area contributed by atoms with Crippen LogP contribution in [-0.2, 0) is 4.74 Å². The fourth-order valence-corrected chi connectivity index (χ4v) is 3.67. The third kappa shape index (κ3) is 2.02. The predicted molar refractivity (Wildman–Crippen MR) is 84.7 cm³/mol. The molecule has 0 spiro atoms. The molecular weight excluding hydrogens is 282 g/mol. The maximum Gasteiger partial charge on any atom is 0.178 e. The van der Waals surface area contributed by atoms with Gasteiger partial charge in [-0.3, -0.25) is 0 Å². The number of hydrogen-bond donors (Lipinski definition) is 1. The molecule has 1 aromatic carbocycles. The molecule has 0 amide bonds. The van der Waals surface area contributed by atoms with Crippen molar-refractivity contribution in [2.24, 2.45) is 5.41 Å². The molecule has 4 nitrogen and oxygen atoms in total. The highest BCUT2D eigenvalue weighted by Crippen LogP contribution is 2.52. The van der Waals surface area contributed by atoms with Crippen molar-refractivity contribution in [3.05, 3.63) is 28.5 Å². The third-order valence-corrected chi connectivity index (χ3v) is 4.98. The minimum Gasteiger partial charge on any atom is -0.378 e. The number of nitrogens with one attached hydrogen (secondary N) is 1. The van der Waals surface area contributed by atoms with E-state index in [1.165, 1.54) is 0 Å². The van der Waals surface area contributed by atoms with Gasteiger partial charge in [-0.05, 0) is 37.7 Å². The Labute approximate surface area is 129 Å². The number of aromatic nitrogens is 2. The Morgan fingerprint density at radius 2 is 2.29 bits per heavy atom. The van der Waals surface area contributed by atoms with Crippen LogP contribution in [0.4, 0.5) is 0 Å². The molecule has 1 aliphatic carbocycles. The second-order valence-corrected chi connectivity index (χ2v) is 6.52. The van der Waals surface area contributed by atoms with E-state index in [4.69, 9.17) is 17.0 Å². The quantitative estimate of drug-likeness (QED) is 0.873. The van der Waals surface area contributed by atoms with Gasteiger partial charge in [0.2, 0.25) is 0 Å². The van der Waals surface area contributed by atoms with E-state index in [9.17, 15) is 5.26 Å². The summed E-state index contributed by atoms with van der Waals surface area (Å²) < 4.78 is 8.64. The van der Waals surface area contributed by atoms with Crippen LogP contribution >= 0.6 is 12.2 Å². The number of ether oxygens (including phenoxy) is 1. The van der Waals surface area contributed by atoms with Crippen molar-refractivity contribution in [2.75, 3.05) is 6.61 Å². The van der Waals surface area contributed by atoms with E-state index < -0.39 is 0 Å². The van der Waals surface area contributed by atoms with Crippen LogP contribution in [0.2, 0.25) is 0 Å². The molecule has 1 saturated carbocycles. The Balaban J connectivity index is 2.09. The summed E-state index contributed by atoms with van der Waals surface area (Å²) in [6.45, 7) is 7.20. The predicted octanol–water partition coefficient (Wildman–Crippen LogP) is 3.95. The van der Waals surface area contributed by atoms with E-state index in [-0.39, 0.29) is 11.5 Å². The number of hydrogen-bond acceptors (Lipinski definition) is 3. The van der Waals surface area contributed by atoms with E-state index in [0.29, 0.717) is 16.4 Å². The number of rotatable bonds is 3. The lowest BCUT2D eigenvalue weighted by Gasteiger charge is -2.52. The lowest BCUT2D eigenvalue weighted by Crippen LogP contribution is -2.51. The summed E-state index contributed by atoms with van der Waals surface area (Å²) in [5.41, 5.74) is 2.51. The van der Waals surface area contributed by atoms with E-state index in [0.717, 1.165) is 24.1 Å². The molecule has 2 aromatic rings. The van der Waals surface area contributed by atoms with Gasteiger partial charge in [0.05, 0.1) is 22.7 Å². The molecule has 3 rings (SSSR count). The lowest BCUT2D eigenvalue weighted by molar-refractivity contribution is -0.127. The monoisotopic (exact) mass is 301 g/mol. The Kier molecular flexibility index (Phi) is 3.39. The average molecular weight is 301 g/mol. The minimum absolute atomic E-state index is 0.0337. The first kappa shape index (κ1) is 14.3. The summed E-state index contributed by atoms with van der Waals surface area (Å²) in [5.74, 6) is 0. The van der Waals surface area contributed by atoms with Gasteiger partial charge in [-0.25, -0.2) is 0 Å². The van der Waals surface area contributed by atoms with Gasteiger partial charge in [0.1, 0.15) is 6.07 Å². The first-order valence-electron chi connectivity index (χ1n) is 7.25. The van der Waals surface area contributed by atoms with Gasteiger partial charge < -0.3 is 14.3 Å². The van der Waals surface area contributed by atoms with Crippen LogP contribution < -0.4 is 0 Å². The van der Waals surface area contributed by atoms with Gasteiger partial charge in [0.25, 0.3) is 0 Å². The molecule has 21 heavy (non-hydrogen) atoms. The van der Waals surface area contributed by atoms with Crippen LogP contribution in [0.1, 0.15) is 38.8 Å². The molecule has 1 heterocycles. The summed E-state index contributed by atoms with van der Waals surface area (Å²) in [5, 5.41) is 9.23. The summed E-state index contributed by atoms with van der Waals surface area (Å²) in [6, 6.07) is 8.26. The molecule has 0 aliphatic heterocycles. The Bertz CT molecular complexity index is 781. The second kappa shape index (κ2) is 4.97. The van der Waals surface area contributed by atoms with Crippen LogP contribution in [0.25, 0.3) is 11.0 Å². The number of benzene rings is 1. The number of H-pyrrole nitrogens is 1. The topological polar surface area (TPSA) is 53.7 Å². The van der Waals surface area contributed by atoms with Gasteiger partial charge in [0, 0.05) is 18.1 Å². The number of aromatic amines is 1. The molecule has 1 aliphatic rings. The Morgan fingerprint density at radius 1 is 1.52 bits per heavy atom. The molecule has 0 bridgehead atoms. The van der Waals surface area contributed by atoms with Gasteiger partial charge in [-0.15, -0.1) is 0 Å². The molecule has 1 N–H and O–H groups in total. The zero-order valence-corrected chi connectivity index (χ0v) is 13.3. The highest BCUT2D eigenvalue weighted by molar-refractivity contribution is 7.71. The highest BCUT2D eigenvalue weighted by Gasteiger charge is 2.50. The van der Waals surface area contributed by atoms with Crippen molar-refractivity contribution in [1.82, 2.24) is 9.55 Å². The average Bonchev–Trinajstić information content (AvgIpc) is 2.79. The van der Waals surface area contributed by atoms with Crippen molar-refractivity contribution >= 4 is 23.3 Å². The molecule has 1 fully saturated rings. The van der Waals surface area contributed by atoms with Crippen molar-refractivity contribution in [3.63, 3.8) is 0 Å². The van der Waals surface area contributed by atoms with Gasteiger partial charge in [-0.1, -0.05) is 19.9 Å². The van der Waals surface area contributed by atoms with Crippen molar-refractivity contribution in [3.8, 4) is 6.07 Å². The van der Waals surface area contributed by atoms with Crippen LogP contribution in [-0.4, -0.2) is 22.3 Å². The van der Waals surface area contributed by atoms with E-state index in [1.54, 1.807) is 0 Å². The fourth-order valence-electron chi connectivity index (χ4n) is 3.34. The molecule has 2 atom stereocenters. The Hall–Kier alpha value is -1.64. The Morgan fingerprint density at radius 3 is 2.90 bits per heavy atom. The van der Waals surface area contributed by atoms with Crippen LogP contribution in [0, 0.1) is 21.5 Å². The maximum absolute atomic E-state index is 9.23. The van der Waals surface area contributed by atoms with Crippen molar-refractivity contribution in [2.45, 2.75) is 39.3 Å². The number of para-hydroxylation sites is 1. The molecule has 2 unspecified atom stereocenters. The maximum atomic E-state index is 9.23. The number of imidazole rings is 1. The highest BCUT2D eigenvalue weighted by atomic mass is 32.1. The van der Waals surface area contributed by atoms with Gasteiger partial charge in [0.15, 0.2) is 4.77 Å². The zero-order valence-electron chi connectivity index (χ0n) is 12.5. The van der Waals surface area contributed by atoms with E-state index >= 15 is 0 Å². The molecular formula is C16H19N3OS. The molecule has 1 aromatic heterocycles. The zero-order chi connectivity index (χ0) is 15.2. The van der Waals surface area contributed by atoms with Crippen molar-refractivity contribution < 1.29 is 4.74 Å². The van der Waals surface area contributed by atoms with E-state index in [2.05, 4.69) is 29.5 Å².